The predicted octanol–water partition coefficient (Wildman–Crippen LogP) is 1.51. The summed E-state index contributed by atoms with van der Waals surface area (Å²) in [7, 11) is 3.97. The fraction of sp³-hybridized carbons (Fsp3) is 0.250. The number of aromatic amines is 1. The average Bonchev–Trinajstić information content (AvgIpc) is 2.39. The first-order valence-electron chi connectivity index (χ1n) is 5.70. The van der Waals surface area contributed by atoms with E-state index in [1.54, 1.807) is 0 Å². The van der Waals surface area contributed by atoms with Crippen molar-refractivity contribution in [2.24, 2.45) is 10.2 Å². The van der Waals surface area contributed by atoms with Crippen molar-refractivity contribution in [2.45, 2.75) is 6.54 Å². The highest BCUT2D eigenvalue weighted by atomic mass is 16.1. The van der Waals surface area contributed by atoms with E-state index in [4.69, 9.17) is 0 Å². The van der Waals surface area contributed by atoms with Crippen LogP contribution in [0.2, 0.25) is 0 Å². The third-order valence-electron chi connectivity index (χ3n) is 2.44. The van der Waals surface area contributed by atoms with E-state index < -0.39 is 5.69 Å². The molecule has 0 fully saturated rings. The van der Waals surface area contributed by atoms with Gasteiger partial charge < -0.3 is 4.90 Å². The molecule has 1 N–H and O–H groups in total. The molecule has 0 atom stereocenters. The fourth-order valence-corrected chi connectivity index (χ4v) is 1.44. The predicted molar refractivity (Wildman–Crippen MR) is 71.6 cm³/mol. The molecule has 2 rings (SSSR count). The smallest absolute Gasteiger partial charge is 0.363 e. The second-order valence-electron chi connectivity index (χ2n) is 4.11. The number of benzene rings is 1. The van der Waals surface area contributed by atoms with Gasteiger partial charge in [-0.3, -0.25) is 0 Å². The van der Waals surface area contributed by atoms with Crippen LogP contribution in [0.4, 0.5) is 11.5 Å². The number of hydrogen-bond donors (Lipinski definition) is 1. The molecule has 7 nitrogen and oxygen atoms in total. The van der Waals surface area contributed by atoms with Crippen LogP contribution in [0.15, 0.2) is 45.5 Å². The van der Waals surface area contributed by atoms with Crippen molar-refractivity contribution in [3.63, 3.8) is 0 Å². The Morgan fingerprint density at radius 1 is 1.26 bits per heavy atom. The van der Waals surface area contributed by atoms with E-state index in [1.165, 1.54) is 6.20 Å². The van der Waals surface area contributed by atoms with Gasteiger partial charge >= 0.3 is 5.69 Å². The van der Waals surface area contributed by atoms with Crippen molar-refractivity contribution in [3.8, 4) is 0 Å². The van der Waals surface area contributed by atoms with Crippen molar-refractivity contribution in [1.29, 1.82) is 0 Å². The van der Waals surface area contributed by atoms with Gasteiger partial charge in [-0.2, -0.15) is 15.2 Å². The molecule has 0 radical (unpaired) electrons. The third-order valence-corrected chi connectivity index (χ3v) is 2.44. The topological polar surface area (TPSA) is 86.6 Å². The molecular formula is C12H14N6O. The van der Waals surface area contributed by atoms with Crippen molar-refractivity contribution >= 4 is 11.5 Å². The SMILES string of the molecule is CN(C)c1ccc(CN=Nc2cn[nH]c(=O)n2)cc1. The van der Waals surface area contributed by atoms with Gasteiger partial charge in [0.15, 0.2) is 5.82 Å². The van der Waals surface area contributed by atoms with Crippen LogP contribution >= 0.6 is 0 Å². The minimum atomic E-state index is -0.535. The van der Waals surface area contributed by atoms with E-state index >= 15 is 0 Å². The largest absolute Gasteiger partial charge is 0.378 e. The fourth-order valence-electron chi connectivity index (χ4n) is 1.44. The van der Waals surface area contributed by atoms with Crippen LogP contribution in [0.3, 0.4) is 0 Å². The van der Waals surface area contributed by atoms with Gasteiger partial charge in [-0.25, -0.2) is 9.89 Å². The molecule has 98 valence electrons. The summed E-state index contributed by atoms with van der Waals surface area (Å²) in [6, 6.07) is 7.99. The zero-order valence-electron chi connectivity index (χ0n) is 10.7. The average molecular weight is 258 g/mol. The molecule has 0 saturated heterocycles. The number of hydrogen-bond acceptors (Lipinski definition) is 6. The molecule has 1 aromatic heterocycles. The van der Waals surface area contributed by atoms with Crippen LogP contribution in [0, 0.1) is 0 Å². The minimum absolute atomic E-state index is 0.202. The summed E-state index contributed by atoms with van der Waals surface area (Å²) in [6.45, 7) is 0.433. The lowest BCUT2D eigenvalue weighted by Crippen LogP contribution is -2.09. The summed E-state index contributed by atoms with van der Waals surface area (Å²) in [5, 5.41) is 13.6. The molecule has 0 saturated carbocycles. The van der Waals surface area contributed by atoms with Crippen molar-refractivity contribution < 1.29 is 0 Å². The summed E-state index contributed by atoms with van der Waals surface area (Å²) < 4.78 is 0. The van der Waals surface area contributed by atoms with E-state index in [0.29, 0.717) is 6.54 Å². The maximum Gasteiger partial charge on any atom is 0.363 e. The van der Waals surface area contributed by atoms with Gasteiger partial charge in [0.05, 0.1) is 12.7 Å². The Bertz CT molecular complexity index is 617. The van der Waals surface area contributed by atoms with Crippen LogP contribution in [0.1, 0.15) is 5.56 Å². The first-order chi connectivity index (χ1) is 9.15. The van der Waals surface area contributed by atoms with Crippen LogP contribution in [-0.2, 0) is 6.54 Å². The van der Waals surface area contributed by atoms with E-state index in [0.717, 1.165) is 11.3 Å². The zero-order valence-corrected chi connectivity index (χ0v) is 10.7. The van der Waals surface area contributed by atoms with Gasteiger partial charge in [-0.05, 0) is 17.7 Å². The molecule has 1 aromatic carbocycles. The molecule has 0 aliphatic carbocycles. The molecule has 0 aliphatic rings. The molecule has 0 unspecified atom stereocenters. The van der Waals surface area contributed by atoms with Gasteiger partial charge in [0.2, 0.25) is 0 Å². The Morgan fingerprint density at radius 2 is 2.00 bits per heavy atom. The molecule has 0 bridgehead atoms. The Balaban J connectivity index is 2.00. The first kappa shape index (κ1) is 12.9. The number of azo groups is 1. The van der Waals surface area contributed by atoms with Crippen molar-refractivity contribution in [1.82, 2.24) is 15.2 Å². The number of rotatable bonds is 4. The molecule has 1 heterocycles. The Hall–Kier alpha value is -2.57. The van der Waals surface area contributed by atoms with Crippen molar-refractivity contribution in [2.75, 3.05) is 19.0 Å². The van der Waals surface area contributed by atoms with Crippen molar-refractivity contribution in [3.05, 3.63) is 46.5 Å². The summed E-state index contributed by atoms with van der Waals surface area (Å²) in [5.74, 6) is 0.202. The van der Waals surface area contributed by atoms with Gasteiger partial charge in [0.1, 0.15) is 0 Å². The molecular weight excluding hydrogens is 244 g/mol. The summed E-state index contributed by atoms with van der Waals surface area (Å²) in [6.07, 6.45) is 1.35. The second-order valence-corrected chi connectivity index (χ2v) is 4.11. The van der Waals surface area contributed by atoms with Gasteiger partial charge in [-0.15, -0.1) is 5.11 Å². The lowest BCUT2D eigenvalue weighted by atomic mass is 10.2. The van der Waals surface area contributed by atoms with E-state index in [9.17, 15) is 4.79 Å². The molecule has 19 heavy (non-hydrogen) atoms. The molecule has 0 amide bonds. The monoisotopic (exact) mass is 258 g/mol. The quantitative estimate of drug-likeness (QED) is 0.842. The molecule has 0 aliphatic heterocycles. The highest BCUT2D eigenvalue weighted by Gasteiger charge is 1.96. The molecule has 0 spiro atoms. The molecule has 2 aromatic rings. The zero-order chi connectivity index (χ0) is 13.7. The number of H-pyrrole nitrogens is 1. The van der Waals surface area contributed by atoms with Gasteiger partial charge in [0.25, 0.3) is 0 Å². The van der Waals surface area contributed by atoms with Crippen LogP contribution < -0.4 is 10.6 Å². The maximum absolute atomic E-state index is 10.9. The third kappa shape index (κ3) is 3.70. The van der Waals surface area contributed by atoms with E-state index in [2.05, 4.69) is 25.4 Å². The Morgan fingerprint density at radius 3 is 2.63 bits per heavy atom. The molecule has 7 heteroatoms. The minimum Gasteiger partial charge on any atom is -0.378 e. The van der Waals surface area contributed by atoms with Crippen LogP contribution in [-0.4, -0.2) is 29.3 Å². The van der Waals surface area contributed by atoms with E-state index in [1.807, 2.05) is 43.3 Å². The van der Waals surface area contributed by atoms with Crippen LogP contribution in [0.25, 0.3) is 0 Å². The van der Waals surface area contributed by atoms with Gasteiger partial charge in [-0.1, -0.05) is 12.1 Å². The highest BCUT2D eigenvalue weighted by Crippen LogP contribution is 2.13. The normalized spacial score (nSPS) is 10.8. The number of nitrogens with zero attached hydrogens (tertiary/aromatic N) is 5. The van der Waals surface area contributed by atoms with Crippen LogP contribution in [0.5, 0.6) is 0 Å². The Labute approximate surface area is 110 Å². The lowest BCUT2D eigenvalue weighted by Gasteiger charge is -2.11. The van der Waals surface area contributed by atoms with Gasteiger partial charge in [0, 0.05) is 19.8 Å². The first-order valence-corrected chi connectivity index (χ1v) is 5.70. The number of aromatic nitrogens is 3. The number of anilines is 1. The van der Waals surface area contributed by atoms with E-state index in [-0.39, 0.29) is 5.82 Å². The lowest BCUT2D eigenvalue weighted by molar-refractivity contribution is 0.880. The number of nitrogens with one attached hydrogen (secondary N) is 1. The standard InChI is InChI=1S/C12H14N6O/c1-18(2)10-5-3-9(4-6-10)7-13-16-11-8-14-17-12(19)15-11/h3-6,8H,7H2,1-2H3,(H,15,17,19). The Kier molecular flexibility index (Phi) is 3.97. The summed E-state index contributed by atoms with van der Waals surface area (Å²) >= 11 is 0. The summed E-state index contributed by atoms with van der Waals surface area (Å²) in [4.78, 5) is 16.5. The maximum atomic E-state index is 10.9. The highest BCUT2D eigenvalue weighted by molar-refractivity contribution is 5.45. The summed E-state index contributed by atoms with van der Waals surface area (Å²) in [5.41, 5.74) is 1.63. The second kappa shape index (κ2) is 5.85.